The summed E-state index contributed by atoms with van der Waals surface area (Å²) >= 11 is 0. The van der Waals surface area contributed by atoms with Gasteiger partial charge in [0, 0.05) is 0 Å². The molecule has 0 bridgehead atoms. The molecule has 0 amide bonds. The van der Waals surface area contributed by atoms with Crippen molar-refractivity contribution in [2.24, 2.45) is 10.9 Å². The van der Waals surface area contributed by atoms with Gasteiger partial charge in [0.25, 0.3) is 0 Å². The summed E-state index contributed by atoms with van der Waals surface area (Å²) in [4.78, 5) is 4.52. The first kappa shape index (κ1) is 8.15. The van der Waals surface area contributed by atoms with E-state index < -0.39 is 0 Å². The molecule has 3 atom stereocenters. The van der Waals surface area contributed by atoms with Crippen LogP contribution in [0.2, 0.25) is 6.82 Å². The SMILES string of the molecule is C[B]C1=NC2CC(C)CCC2O1. The molecule has 0 saturated heterocycles. The van der Waals surface area contributed by atoms with Crippen molar-refractivity contribution in [2.75, 3.05) is 0 Å². The fourth-order valence-electron chi connectivity index (χ4n) is 2.09. The molecule has 1 aliphatic heterocycles. The lowest BCUT2D eigenvalue weighted by Crippen LogP contribution is -2.29. The summed E-state index contributed by atoms with van der Waals surface area (Å²) in [5.74, 6) is 1.69. The van der Waals surface area contributed by atoms with Gasteiger partial charge in [0.15, 0.2) is 0 Å². The second-order valence-corrected chi connectivity index (χ2v) is 3.90. The van der Waals surface area contributed by atoms with E-state index in [1.54, 1.807) is 0 Å². The maximum Gasteiger partial charge on any atom is 0.224 e. The molecule has 2 aliphatic rings. The fourth-order valence-corrected chi connectivity index (χ4v) is 2.09. The van der Waals surface area contributed by atoms with Crippen LogP contribution in [0, 0.1) is 5.92 Å². The quantitative estimate of drug-likeness (QED) is 0.540. The molecule has 1 saturated carbocycles. The number of fused-ring (bicyclic) bond motifs is 1. The van der Waals surface area contributed by atoms with Crippen molar-refractivity contribution in [1.29, 1.82) is 0 Å². The maximum absolute atomic E-state index is 5.66. The molecule has 0 N–H and O–H groups in total. The summed E-state index contributed by atoms with van der Waals surface area (Å²) in [6, 6.07) is 0.458. The molecule has 0 spiro atoms. The van der Waals surface area contributed by atoms with Gasteiger partial charge in [0.1, 0.15) is 11.9 Å². The van der Waals surface area contributed by atoms with Crippen molar-refractivity contribution in [3.05, 3.63) is 0 Å². The van der Waals surface area contributed by atoms with E-state index in [4.69, 9.17) is 4.74 Å². The summed E-state index contributed by atoms with van der Waals surface area (Å²) in [6.45, 7) is 4.29. The molecule has 1 fully saturated rings. The van der Waals surface area contributed by atoms with Crippen LogP contribution in [0.25, 0.3) is 0 Å². The number of aliphatic imine (C=N–C) groups is 1. The lowest BCUT2D eigenvalue weighted by Gasteiger charge is -2.26. The Balaban J connectivity index is 2.02. The molecule has 0 aromatic heterocycles. The first-order valence-electron chi connectivity index (χ1n) is 4.83. The van der Waals surface area contributed by atoms with Crippen molar-refractivity contribution < 1.29 is 4.74 Å². The van der Waals surface area contributed by atoms with Gasteiger partial charge in [-0.25, -0.2) is 0 Å². The third kappa shape index (κ3) is 1.37. The number of hydrogen-bond donors (Lipinski definition) is 0. The van der Waals surface area contributed by atoms with E-state index in [2.05, 4.69) is 11.9 Å². The van der Waals surface area contributed by atoms with Gasteiger partial charge in [0.2, 0.25) is 7.28 Å². The zero-order chi connectivity index (χ0) is 8.55. The summed E-state index contributed by atoms with van der Waals surface area (Å²) in [5, 5.41) is 0. The van der Waals surface area contributed by atoms with Gasteiger partial charge in [-0.2, -0.15) is 0 Å². The van der Waals surface area contributed by atoms with Crippen molar-refractivity contribution in [3.63, 3.8) is 0 Å². The Morgan fingerprint density at radius 1 is 1.50 bits per heavy atom. The fraction of sp³-hybridized carbons (Fsp3) is 0.889. The first-order valence-corrected chi connectivity index (χ1v) is 4.83. The standard InChI is InChI=1S/C9H15BNO/c1-6-3-4-8-7(5-6)11-9(10-2)12-8/h6-8H,3-5H2,1-2H3. The van der Waals surface area contributed by atoms with Crippen molar-refractivity contribution in [2.45, 2.75) is 45.2 Å². The molecule has 0 aromatic rings. The molecule has 3 unspecified atom stereocenters. The van der Waals surface area contributed by atoms with Gasteiger partial charge in [0.05, 0.1) is 6.04 Å². The predicted octanol–water partition coefficient (Wildman–Crippen LogP) is 1.68. The summed E-state index contributed by atoms with van der Waals surface area (Å²) in [7, 11) is 1.96. The molecular formula is C9H15BNO. The summed E-state index contributed by atoms with van der Waals surface area (Å²) in [6.07, 6.45) is 4.09. The van der Waals surface area contributed by atoms with Crippen molar-refractivity contribution in [3.8, 4) is 0 Å². The normalized spacial score (nSPS) is 39.8. The molecular weight excluding hydrogens is 149 g/mol. The van der Waals surface area contributed by atoms with Crippen LogP contribution < -0.4 is 0 Å². The Hall–Kier alpha value is -0.465. The predicted molar refractivity (Wildman–Crippen MR) is 50.7 cm³/mol. The van der Waals surface area contributed by atoms with Gasteiger partial charge in [-0.05, 0) is 25.2 Å². The van der Waals surface area contributed by atoms with Crippen LogP contribution in [0.5, 0.6) is 0 Å². The molecule has 2 nitrogen and oxygen atoms in total. The van der Waals surface area contributed by atoms with Crippen LogP contribution >= 0.6 is 0 Å². The van der Waals surface area contributed by atoms with Crippen molar-refractivity contribution in [1.82, 2.24) is 0 Å². The third-order valence-electron chi connectivity index (χ3n) is 2.83. The van der Waals surface area contributed by atoms with Crippen LogP contribution in [0.3, 0.4) is 0 Å². The van der Waals surface area contributed by atoms with Crippen LogP contribution in [0.1, 0.15) is 26.2 Å². The number of rotatable bonds is 1. The van der Waals surface area contributed by atoms with E-state index in [1.807, 2.05) is 14.1 Å². The highest BCUT2D eigenvalue weighted by Gasteiger charge is 2.34. The van der Waals surface area contributed by atoms with Gasteiger partial charge in [-0.15, -0.1) is 0 Å². The Kier molecular flexibility index (Phi) is 2.12. The highest BCUT2D eigenvalue weighted by molar-refractivity contribution is 6.72. The molecule has 3 heteroatoms. The molecule has 2 rings (SSSR count). The second kappa shape index (κ2) is 3.12. The number of ether oxygens (including phenoxy) is 1. The monoisotopic (exact) mass is 164 g/mol. The van der Waals surface area contributed by atoms with Crippen molar-refractivity contribution >= 4 is 13.1 Å². The second-order valence-electron chi connectivity index (χ2n) is 3.90. The van der Waals surface area contributed by atoms with Gasteiger partial charge >= 0.3 is 0 Å². The van der Waals surface area contributed by atoms with E-state index in [1.165, 1.54) is 19.3 Å². The van der Waals surface area contributed by atoms with Gasteiger partial charge in [-0.3, -0.25) is 4.99 Å². The minimum absolute atomic E-state index is 0.396. The van der Waals surface area contributed by atoms with E-state index in [-0.39, 0.29) is 0 Å². The average molecular weight is 164 g/mol. The molecule has 12 heavy (non-hydrogen) atoms. The molecule has 0 aromatic carbocycles. The minimum Gasteiger partial charge on any atom is -0.485 e. The minimum atomic E-state index is 0.396. The summed E-state index contributed by atoms with van der Waals surface area (Å²) in [5.41, 5.74) is 0. The van der Waals surface area contributed by atoms with Gasteiger partial charge in [-0.1, -0.05) is 13.7 Å². The van der Waals surface area contributed by atoms with Gasteiger partial charge < -0.3 is 4.74 Å². The van der Waals surface area contributed by atoms with Crippen LogP contribution in [-0.2, 0) is 4.74 Å². The molecule has 1 radical (unpaired) electrons. The Labute approximate surface area is 74.6 Å². The lowest BCUT2D eigenvalue weighted by molar-refractivity contribution is 0.134. The van der Waals surface area contributed by atoms with E-state index in [0.717, 1.165) is 11.7 Å². The average Bonchev–Trinajstić information content (AvgIpc) is 2.46. The Bertz CT molecular complexity index is 205. The maximum atomic E-state index is 5.66. The number of nitrogens with zero attached hydrogens (tertiary/aromatic N) is 1. The molecule has 1 heterocycles. The zero-order valence-corrected chi connectivity index (χ0v) is 7.79. The van der Waals surface area contributed by atoms with E-state index in [0.29, 0.717) is 12.1 Å². The smallest absolute Gasteiger partial charge is 0.224 e. The zero-order valence-electron chi connectivity index (χ0n) is 7.79. The van der Waals surface area contributed by atoms with E-state index in [9.17, 15) is 0 Å². The lowest BCUT2D eigenvalue weighted by atomic mass is 9.82. The molecule has 65 valence electrons. The molecule has 1 aliphatic carbocycles. The summed E-state index contributed by atoms with van der Waals surface area (Å²) < 4.78 is 5.66. The van der Waals surface area contributed by atoms with Crippen LogP contribution in [0.4, 0.5) is 0 Å². The highest BCUT2D eigenvalue weighted by Crippen LogP contribution is 2.31. The van der Waals surface area contributed by atoms with Crippen LogP contribution in [-0.4, -0.2) is 25.2 Å². The largest absolute Gasteiger partial charge is 0.485 e. The highest BCUT2D eigenvalue weighted by atomic mass is 16.5. The third-order valence-corrected chi connectivity index (χ3v) is 2.83. The van der Waals surface area contributed by atoms with E-state index >= 15 is 0 Å². The number of hydrogen-bond acceptors (Lipinski definition) is 2. The topological polar surface area (TPSA) is 21.6 Å². The van der Waals surface area contributed by atoms with Crippen LogP contribution in [0.15, 0.2) is 4.99 Å². The first-order chi connectivity index (χ1) is 5.79. The Morgan fingerprint density at radius 2 is 2.33 bits per heavy atom. The Morgan fingerprint density at radius 3 is 3.08 bits per heavy atom.